The molecular formula is C13H11N3OS2. The summed E-state index contributed by atoms with van der Waals surface area (Å²) in [5.74, 6) is 0.499. The lowest BCUT2D eigenvalue weighted by Gasteiger charge is -1.96. The average molecular weight is 289 g/mol. The molecular weight excluding hydrogens is 278 g/mol. The molecule has 1 N–H and O–H groups in total. The van der Waals surface area contributed by atoms with E-state index in [0.29, 0.717) is 5.89 Å². The third kappa shape index (κ3) is 2.36. The van der Waals surface area contributed by atoms with Crippen LogP contribution >= 0.6 is 23.6 Å². The van der Waals surface area contributed by atoms with Crippen molar-refractivity contribution in [3.8, 4) is 21.3 Å². The van der Waals surface area contributed by atoms with Gasteiger partial charge in [-0.15, -0.1) is 16.4 Å². The van der Waals surface area contributed by atoms with Crippen molar-refractivity contribution in [1.82, 2.24) is 15.2 Å². The summed E-state index contributed by atoms with van der Waals surface area (Å²) in [5, 5.41) is 7.63. The number of nitrogens with zero attached hydrogens (tertiary/aromatic N) is 2. The Labute approximate surface area is 119 Å². The van der Waals surface area contributed by atoms with Gasteiger partial charge in [-0.25, -0.2) is 10.1 Å². The van der Waals surface area contributed by atoms with Crippen LogP contribution in [0.5, 0.6) is 0 Å². The summed E-state index contributed by atoms with van der Waals surface area (Å²) in [4.78, 5) is 5.76. The lowest BCUT2D eigenvalue weighted by Crippen LogP contribution is -1.79. The molecule has 96 valence electrons. The quantitative estimate of drug-likeness (QED) is 0.720. The summed E-state index contributed by atoms with van der Waals surface area (Å²) in [6, 6.07) is 8.26. The van der Waals surface area contributed by atoms with E-state index in [1.807, 2.05) is 13.0 Å². The fourth-order valence-electron chi connectivity index (χ4n) is 1.82. The highest BCUT2D eigenvalue weighted by Crippen LogP contribution is 2.34. The molecule has 0 aliphatic heterocycles. The normalized spacial score (nSPS) is 10.8. The van der Waals surface area contributed by atoms with Crippen molar-refractivity contribution in [2.75, 3.05) is 0 Å². The maximum atomic E-state index is 5.34. The van der Waals surface area contributed by atoms with Gasteiger partial charge < -0.3 is 4.42 Å². The third-order valence-electron chi connectivity index (χ3n) is 2.69. The Kier molecular flexibility index (Phi) is 3.04. The second-order valence-electron chi connectivity index (χ2n) is 4.22. The van der Waals surface area contributed by atoms with E-state index in [4.69, 9.17) is 16.6 Å². The van der Waals surface area contributed by atoms with Crippen LogP contribution in [0.25, 0.3) is 21.3 Å². The molecule has 0 amide bonds. The van der Waals surface area contributed by atoms with Crippen molar-refractivity contribution in [2.45, 2.75) is 13.8 Å². The highest BCUT2D eigenvalue weighted by Gasteiger charge is 2.15. The first kappa shape index (κ1) is 12.3. The van der Waals surface area contributed by atoms with E-state index in [-0.39, 0.29) is 4.84 Å². The Morgan fingerprint density at radius 1 is 1.32 bits per heavy atom. The molecule has 0 aliphatic rings. The zero-order valence-corrected chi connectivity index (χ0v) is 12.1. The van der Waals surface area contributed by atoms with E-state index >= 15 is 0 Å². The van der Waals surface area contributed by atoms with Crippen LogP contribution in [0.2, 0.25) is 0 Å². The summed E-state index contributed by atoms with van der Waals surface area (Å²) < 4.78 is 5.34. The Bertz CT molecular complexity index is 785. The molecule has 0 fully saturated rings. The Morgan fingerprint density at radius 2 is 2.16 bits per heavy atom. The van der Waals surface area contributed by atoms with Crippen molar-refractivity contribution in [3.05, 3.63) is 40.4 Å². The number of benzene rings is 1. The maximum Gasteiger partial charge on any atom is 0.284 e. The number of H-pyrrole nitrogens is 1. The SMILES string of the molecule is Cc1cccc(-c2nc(C)c(-c3n[nH]c(=S)o3)s2)c1. The van der Waals surface area contributed by atoms with Crippen LogP contribution in [0.1, 0.15) is 11.3 Å². The minimum Gasteiger partial charge on any atom is -0.408 e. The number of nitrogens with one attached hydrogen (secondary N) is 1. The minimum absolute atomic E-state index is 0.278. The Balaban J connectivity index is 2.09. The van der Waals surface area contributed by atoms with Crippen molar-refractivity contribution in [3.63, 3.8) is 0 Å². The van der Waals surface area contributed by atoms with Crippen molar-refractivity contribution < 1.29 is 4.42 Å². The second kappa shape index (κ2) is 4.71. The van der Waals surface area contributed by atoms with Crippen LogP contribution < -0.4 is 0 Å². The summed E-state index contributed by atoms with van der Waals surface area (Å²) >= 11 is 6.45. The fraction of sp³-hybridized carbons (Fsp3) is 0.154. The Hall–Kier alpha value is -1.79. The monoisotopic (exact) mass is 289 g/mol. The molecule has 2 aromatic heterocycles. The van der Waals surface area contributed by atoms with Gasteiger partial charge in [0.25, 0.3) is 10.7 Å². The lowest BCUT2D eigenvalue weighted by molar-refractivity contribution is 0.553. The van der Waals surface area contributed by atoms with Crippen LogP contribution in [0.15, 0.2) is 28.7 Å². The minimum atomic E-state index is 0.278. The molecule has 0 atom stereocenters. The lowest BCUT2D eigenvalue weighted by atomic mass is 10.1. The summed E-state index contributed by atoms with van der Waals surface area (Å²) in [7, 11) is 0. The highest BCUT2D eigenvalue weighted by molar-refractivity contribution is 7.71. The van der Waals surface area contributed by atoms with Crippen LogP contribution in [0, 0.1) is 18.7 Å². The van der Waals surface area contributed by atoms with Crippen LogP contribution in [-0.2, 0) is 0 Å². The largest absolute Gasteiger partial charge is 0.408 e. The number of hydrogen-bond acceptors (Lipinski definition) is 5. The molecule has 3 aromatic rings. The van der Waals surface area contributed by atoms with Gasteiger partial charge in [0.15, 0.2) is 0 Å². The van der Waals surface area contributed by atoms with Gasteiger partial charge >= 0.3 is 0 Å². The molecule has 0 saturated heterocycles. The van der Waals surface area contributed by atoms with Gasteiger partial charge in [-0.1, -0.05) is 23.8 Å². The van der Waals surface area contributed by atoms with Gasteiger partial charge in [-0.2, -0.15) is 0 Å². The molecule has 6 heteroatoms. The molecule has 0 unspecified atom stereocenters. The molecule has 0 aliphatic carbocycles. The average Bonchev–Trinajstić information content (AvgIpc) is 2.95. The molecule has 4 nitrogen and oxygen atoms in total. The van der Waals surface area contributed by atoms with Gasteiger partial charge in [0.1, 0.15) is 9.88 Å². The summed E-state index contributed by atoms with van der Waals surface area (Å²) in [5.41, 5.74) is 3.21. The van der Waals surface area contributed by atoms with E-state index in [0.717, 1.165) is 21.1 Å². The number of aryl methyl sites for hydroxylation is 2. The number of hydrogen-bond donors (Lipinski definition) is 1. The number of aromatic nitrogens is 3. The fourth-order valence-corrected chi connectivity index (χ4v) is 2.94. The van der Waals surface area contributed by atoms with Gasteiger partial charge in [0.05, 0.1) is 5.69 Å². The summed E-state index contributed by atoms with van der Waals surface area (Å²) in [6.07, 6.45) is 0. The third-order valence-corrected chi connectivity index (χ3v) is 4.06. The molecule has 0 radical (unpaired) electrons. The molecule has 0 bridgehead atoms. The van der Waals surface area contributed by atoms with E-state index in [1.54, 1.807) is 11.3 Å². The Morgan fingerprint density at radius 3 is 2.84 bits per heavy atom. The van der Waals surface area contributed by atoms with Crippen LogP contribution in [-0.4, -0.2) is 15.2 Å². The van der Waals surface area contributed by atoms with E-state index in [1.165, 1.54) is 5.56 Å². The van der Waals surface area contributed by atoms with Crippen molar-refractivity contribution in [1.29, 1.82) is 0 Å². The first-order valence-corrected chi connectivity index (χ1v) is 6.96. The molecule has 0 saturated carbocycles. The van der Waals surface area contributed by atoms with Crippen LogP contribution in [0.4, 0.5) is 0 Å². The molecule has 19 heavy (non-hydrogen) atoms. The standard InChI is InChI=1S/C13H11N3OS2/c1-7-4-3-5-9(6-7)12-14-8(2)10(19-12)11-15-16-13(18)17-11/h3-6H,1-2H3,(H,16,18). The van der Waals surface area contributed by atoms with Gasteiger partial charge in [-0.05, 0) is 32.1 Å². The van der Waals surface area contributed by atoms with Gasteiger partial charge in [0, 0.05) is 5.56 Å². The van der Waals surface area contributed by atoms with Gasteiger partial charge in [0.2, 0.25) is 0 Å². The number of thiazole rings is 1. The number of rotatable bonds is 2. The van der Waals surface area contributed by atoms with Crippen LogP contribution in [0.3, 0.4) is 0 Å². The number of aromatic amines is 1. The molecule has 3 rings (SSSR count). The first-order chi connectivity index (χ1) is 9.13. The maximum absolute atomic E-state index is 5.34. The molecule has 2 heterocycles. The van der Waals surface area contributed by atoms with E-state index in [9.17, 15) is 0 Å². The topological polar surface area (TPSA) is 54.7 Å². The van der Waals surface area contributed by atoms with Crippen molar-refractivity contribution in [2.24, 2.45) is 0 Å². The highest BCUT2D eigenvalue weighted by atomic mass is 32.1. The van der Waals surface area contributed by atoms with E-state index < -0.39 is 0 Å². The van der Waals surface area contributed by atoms with Gasteiger partial charge in [-0.3, -0.25) is 0 Å². The van der Waals surface area contributed by atoms with Crippen molar-refractivity contribution >= 4 is 23.6 Å². The van der Waals surface area contributed by atoms with E-state index in [2.05, 4.69) is 40.3 Å². The first-order valence-electron chi connectivity index (χ1n) is 5.74. The zero-order chi connectivity index (χ0) is 13.4. The predicted octanol–water partition coefficient (Wildman–Crippen LogP) is 4.14. The second-order valence-corrected chi connectivity index (χ2v) is 5.59. The smallest absolute Gasteiger partial charge is 0.284 e. The predicted molar refractivity (Wildman–Crippen MR) is 77.7 cm³/mol. The zero-order valence-electron chi connectivity index (χ0n) is 10.4. The molecule has 1 aromatic carbocycles. The molecule has 0 spiro atoms. The summed E-state index contributed by atoms with van der Waals surface area (Å²) in [6.45, 7) is 4.01.